The standard InChI is InChI=1S/C14H18BrN3S/c1-2-18-14(10(15)8-17-18)13(16)12-7-9-5-3-4-6-11(9)19-12/h7-8,13H,2-6,16H2,1H3. The molecule has 2 aromatic heterocycles. The highest BCUT2D eigenvalue weighted by Gasteiger charge is 2.22. The number of aryl methyl sites for hydroxylation is 3. The minimum atomic E-state index is -0.0765. The van der Waals surface area contributed by atoms with Crippen LogP contribution in [0.4, 0.5) is 0 Å². The van der Waals surface area contributed by atoms with E-state index >= 15 is 0 Å². The van der Waals surface area contributed by atoms with E-state index in [4.69, 9.17) is 5.73 Å². The van der Waals surface area contributed by atoms with E-state index < -0.39 is 0 Å². The van der Waals surface area contributed by atoms with Crippen LogP contribution in [-0.2, 0) is 19.4 Å². The highest BCUT2D eigenvalue weighted by atomic mass is 79.9. The van der Waals surface area contributed by atoms with Crippen LogP contribution >= 0.6 is 27.3 Å². The topological polar surface area (TPSA) is 43.8 Å². The Hall–Kier alpha value is -0.650. The van der Waals surface area contributed by atoms with Crippen molar-refractivity contribution in [3.05, 3.63) is 37.7 Å². The molecule has 1 aliphatic rings. The van der Waals surface area contributed by atoms with Gasteiger partial charge in [-0.15, -0.1) is 11.3 Å². The molecule has 5 heteroatoms. The quantitative estimate of drug-likeness (QED) is 0.927. The first-order valence-corrected chi connectivity index (χ1v) is 8.40. The van der Waals surface area contributed by atoms with Crippen molar-refractivity contribution in [1.29, 1.82) is 0 Å². The molecule has 0 saturated heterocycles. The van der Waals surface area contributed by atoms with Crippen LogP contribution in [0.1, 0.15) is 46.8 Å². The fourth-order valence-electron chi connectivity index (χ4n) is 2.73. The number of nitrogens with two attached hydrogens (primary N) is 1. The Balaban J connectivity index is 1.97. The van der Waals surface area contributed by atoms with Gasteiger partial charge >= 0.3 is 0 Å². The lowest BCUT2D eigenvalue weighted by atomic mass is 9.98. The lowest BCUT2D eigenvalue weighted by molar-refractivity contribution is 0.602. The molecule has 1 unspecified atom stereocenters. The minimum Gasteiger partial charge on any atom is -0.318 e. The number of thiophene rings is 1. The molecule has 0 bridgehead atoms. The highest BCUT2D eigenvalue weighted by Crippen LogP contribution is 2.36. The molecule has 0 spiro atoms. The Morgan fingerprint density at radius 3 is 3.00 bits per heavy atom. The minimum absolute atomic E-state index is 0.0765. The molecule has 0 saturated carbocycles. The highest BCUT2D eigenvalue weighted by molar-refractivity contribution is 9.10. The third-order valence-corrected chi connectivity index (χ3v) is 5.68. The van der Waals surface area contributed by atoms with E-state index in [1.165, 1.54) is 41.0 Å². The molecule has 0 amide bonds. The fourth-order valence-corrected chi connectivity index (χ4v) is 4.54. The van der Waals surface area contributed by atoms with Gasteiger partial charge in [0.2, 0.25) is 0 Å². The van der Waals surface area contributed by atoms with Crippen molar-refractivity contribution in [2.75, 3.05) is 0 Å². The number of hydrogen-bond acceptors (Lipinski definition) is 3. The van der Waals surface area contributed by atoms with Crippen molar-refractivity contribution in [3.8, 4) is 0 Å². The average Bonchev–Trinajstić information content (AvgIpc) is 3.01. The summed E-state index contributed by atoms with van der Waals surface area (Å²) >= 11 is 5.45. The normalized spacial score (nSPS) is 16.4. The Labute approximate surface area is 125 Å². The van der Waals surface area contributed by atoms with Gasteiger partial charge in [0, 0.05) is 16.3 Å². The summed E-state index contributed by atoms with van der Waals surface area (Å²) in [6.07, 6.45) is 6.91. The molecular formula is C14H18BrN3S. The van der Waals surface area contributed by atoms with Crippen LogP contribution in [0.5, 0.6) is 0 Å². The second-order valence-electron chi connectivity index (χ2n) is 4.98. The fraction of sp³-hybridized carbons (Fsp3) is 0.500. The van der Waals surface area contributed by atoms with Crippen molar-refractivity contribution in [2.45, 2.75) is 45.2 Å². The van der Waals surface area contributed by atoms with Crippen LogP contribution in [0.15, 0.2) is 16.7 Å². The summed E-state index contributed by atoms with van der Waals surface area (Å²) in [5.41, 5.74) is 9.07. The molecule has 0 aliphatic heterocycles. The maximum absolute atomic E-state index is 6.47. The third-order valence-electron chi connectivity index (χ3n) is 3.75. The zero-order valence-corrected chi connectivity index (χ0v) is 13.4. The summed E-state index contributed by atoms with van der Waals surface area (Å²) in [7, 11) is 0. The van der Waals surface area contributed by atoms with Gasteiger partial charge in [-0.3, -0.25) is 4.68 Å². The second-order valence-corrected chi connectivity index (χ2v) is 7.00. The SMILES string of the molecule is CCn1ncc(Br)c1C(N)c1cc2c(s1)CCCC2. The van der Waals surface area contributed by atoms with Crippen LogP contribution in [0.2, 0.25) is 0 Å². The summed E-state index contributed by atoms with van der Waals surface area (Å²) < 4.78 is 2.99. The number of nitrogens with zero attached hydrogens (tertiary/aromatic N) is 2. The summed E-state index contributed by atoms with van der Waals surface area (Å²) in [6, 6.07) is 2.23. The maximum atomic E-state index is 6.47. The van der Waals surface area contributed by atoms with Crippen molar-refractivity contribution in [1.82, 2.24) is 9.78 Å². The molecule has 3 rings (SSSR count). The van der Waals surface area contributed by atoms with E-state index in [-0.39, 0.29) is 6.04 Å². The molecule has 1 aliphatic carbocycles. The number of hydrogen-bond donors (Lipinski definition) is 1. The van der Waals surface area contributed by atoms with Crippen LogP contribution in [0, 0.1) is 0 Å². The molecule has 0 aromatic carbocycles. The van der Waals surface area contributed by atoms with Gasteiger partial charge in [-0.2, -0.15) is 5.10 Å². The van der Waals surface area contributed by atoms with Crippen molar-refractivity contribution >= 4 is 27.3 Å². The number of halogens is 1. The Morgan fingerprint density at radius 2 is 2.26 bits per heavy atom. The Bertz CT molecular complexity index is 564. The number of rotatable bonds is 3. The largest absolute Gasteiger partial charge is 0.318 e. The first-order valence-electron chi connectivity index (χ1n) is 6.79. The molecule has 1 atom stereocenters. The van der Waals surface area contributed by atoms with E-state index in [1.807, 2.05) is 22.2 Å². The summed E-state index contributed by atoms with van der Waals surface area (Å²) in [6.45, 7) is 2.94. The molecule has 102 valence electrons. The Morgan fingerprint density at radius 1 is 1.47 bits per heavy atom. The van der Waals surface area contributed by atoms with Gasteiger partial charge in [0.1, 0.15) is 0 Å². The van der Waals surface area contributed by atoms with E-state index in [2.05, 4.69) is 34.0 Å². The van der Waals surface area contributed by atoms with Gasteiger partial charge in [0.05, 0.1) is 22.4 Å². The van der Waals surface area contributed by atoms with Crippen molar-refractivity contribution < 1.29 is 0 Å². The van der Waals surface area contributed by atoms with Crippen LogP contribution < -0.4 is 5.73 Å². The zero-order valence-electron chi connectivity index (χ0n) is 11.0. The molecule has 2 aromatic rings. The molecule has 2 N–H and O–H groups in total. The monoisotopic (exact) mass is 339 g/mol. The lowest BCUT2D eigenvalue weighted by Gasteiger charge is -2.12. The Kier molecular flexibility index (Phi) is 3.78. The lowest BCUT2D eigenvalue weighted by Crippen LogP contribution is -2.16. The van der Waals surface area contributed by atoms with Gasteiger partial charge < -0.3 is 5.73 Å². The molecule has 0 radical (unpaired) electrons. The first-order chi connectivity index (χ1) is 9.20. The zero-order chi connectivity index (χ0) is 13.4. The van der Waals surface area contributed by atoms with Gasteiger partial charge in [-0.25, -0.2) is 0 Å². The number of aromatic nitrogens is 2. The average molecular weight is 340 g/mol. The smallest absolute Gasteiger partial charge is 0.0828 e. The van der Waals surface area contributed by atoms with E-state index in [9.17, 15) is 0 Å². The maximum Gasteiger partial charge on any atom is 0.0828 e. The van der Waals surface area contributed by atoms with E-state index in [0.717, 1.165) is 16.7 Å². The van der Waals surface area contributed by atoms with E-state index in [0.29, 0.717) is 0 Å². The van der Waals surface area contributed by atoms with Crippen LogP contribution in [0.25, 0.3) is 0 Å². The van der Waals surface area contributed by atoms with Gasteiger partial charge in [-0.1, -0.05) is 0 Å². The molecule has 19 heavy (non-hydrogen) atoms. The van der Waals surface area contributed by atoms with Crippen molar-refractivity contribution in [3.63, 3.8) is 0 Å². The van der Waals surface area contributed by atoms with Gasteiger partial charge in [0.25, 0.3) is 0 Å². The molecular weight excluding hydrogens is 322 g/mol. The summed E-state index contributed by atoms with van der Waals surface area (Å²) in [5, 5.41) is 4.36. The first kappa shape index (κ1) is 13.3. The molecule has 0 fully saturated rings. The summed E-state index contributed by atoms with van der Waals surface area (Å²) in [4.78, 5) is 2.80. The van der Waals surface area contributed by atoms with Gasteiger partial charge in [-0.05, 0) is 60.2 Å². The summed E-state index contributed by atoms with van der Waals surface area (Å²) in [5.74, 6) is 0. The molecule has 2 heterocycles. The predicted molar refractivity (Wildman–Crippen MR) is 82.6 cm³/mol. The number of fused-ring (bicyclic) bond motifs is 1. The van der Waals surface area contributed by atoms with Gasteiger partial charge in [0.15, 0.2) is 0 Å². The van der Waals surface area contributed by atoms with Crippen LogP contribution in [0.3, 0.4) is 0 Å². The van der Waals surface area contributed by atoms with Crippen LogP contribution in [-0.4, -0.2) is 9.78 Å². The van der Waals surface area contributed by atoms with Crippen molar-refractivity contribution in [2.24, 2.45) is 5.73 Å². The second kappa shape index (κ2) is 5.38. The van der Waals surface area contributed by atoms with E-state index in [1.54, 1.807) is 0 Å². The third kappa shape index (κ3) is 2.39. The predicted octanol–water partition coefficient (Wildman–Crippen LogP) is 3.65. The molecule has 3 nitrogen and oxygen atoms in total.